The minimum Gasteiger partial charge on any atom is -0.368 e. The monoisotopic (exact) mass is 378 g/mol. The SMILES string of the molecule is NCCCCCCC(=O)NCCC(=O)N1CCN(c2ccc(F)cc2)CC1. The molecule has 1 saturated heterocycles. The number of anilines is 1. The third-order valence-corrected chi connectivity index (χ3v) is 4.84. The van der Waals surface area contributed by atoms with Crippen LogP contribution in [0.1, 0.15) is 38.5 Å². The van der Waals surface area contributed by atoms with Gasteiger partial charge < -0.3 is 20.9 Å². The molecule has 2 rings (SSSR count). The molecule has 27 heavy (non-hydrogen) atoms. The maximum absolute atomic E-state index is 13.0. The lowest BCUT2D eigenvalue weighted by molar-refractivity contribution is -0.131. The van der Waals surface area contributed by atoms with Crippen molar-refractivity contribution in [3.8, 4) is 0 Å². The van der Waals surface area contributed by atoms with Crippen LogP contribution in [0.4, 0.5) is 10.1 Å². The van der Waals surface area contributed by atoms with Gasteiger partial charge in [0.2, 0.25) is 11.8 Å². The molecule has 0 aliphatic carbocycles. The van der Waals surface area contributed by atoms with E-state index < -0.39 is 0 Å². The van der Waals surface area contributed by atoms with Crippen LogP contribution in [0.15, 0.2) is 24.3 Å². The van der Waals surface area contributed by atoms with Gasteiger partial charge in [-0.25, -0.2) is 4.39 Å². The average Bonchev–Trinajstić information content (AvgIpc) is 2.68. The van der Waals surface area contributed by atoms with Crippen molar-refractivity contribution in [3.05, 3.63) is 30.1 Å². The van der Waals surface area contributed by atoms with E-state index >= 15 is 0 Å². The Labute approximate surface area is 160 Å². The summed E-state index contributed by atoms with van der Waals surface area (Å²) in [7, 11) is 0. The van der Waals surface area contributed by atoms with Gasteiger partial charge in [0, 0.05) is 51.3 Å². The number of nitrogens with zero attached hydrogens (tertiary/aromatic N) is 2. The number of carbonyl (C=O) groups excluding carboxylic acids is 2. The van der Waals surface area contributed by atoms with E-state index in [0.29, 0.717) is 39.0 Å². The molecule has 1 aliphatic rings. The molecule has 1 aromatic rings. The summed E-state index contributed by atoms with van der Waals surface area (Å²) in [6.45, 7) is 3.83. The van der Waals surface area contributed by atoms with Gasteiger partial charge in [-0.1, -0.05) is 12.8 Å². The van der Waals surface area contributed by atoms with E-state index in [0.717, 1.165) is 44.5 Å². The smallest absolute Gasteiger partial charge is 0.224 e. The number of unbranched alkanes of at least 4 members (excludes halogenated alkanes) is 3. The van der Waals surface area contributed by atoms with Gasteiger partial charge in [0.25, 0.3) is 0 Å². The minimum atomic E-state index is -0.245. The van der Waals surface area contributed by atoms with Gasteiger partial charge in [0.1, 0.15) is 5.82 Å². The van der Waals surface area contributed by atoms with E-state index in [2.05, 4.69) is 10.2 Å². The lowest BCUT2D eigenvalue weighted by atomic mass is 10.1. The number of hydrogen-bond donors (Lipinski definition) is 2. The number of carbonyl (C=O) groups is 2. The Morgan fingerprint density at radius 1 is 0.963 bits per heavy atom. The second-order valence-corrected chi connectivity index (χ2v) is 6.90. The summed E-state index contributed by atoms with van der Waals surface area (Å²) in [5, 5.41) is 2.83. The van der Waals surface area contributed by atoms with Crippen LogP contribution in [0.25, 0.3) is 0 Å². The van der Waals surface area contributed by atoms with Crippen molar-refractivity contribution in [2.75, 3.05) is 44.2 Å². The van der Waals surface area contributed by atoms with Crippen LogP contribution >= 0.6 is 0 Å². The highest BCUT2D eigenvalue weighted by atomic mass is 19.1. The fourth-order valence-electron chi connectivity index (χ4n) is 3.20. The van der Waals surface area contributed by atoms with Gasteiger partial charge in [-0.3, -0.25) is 9.59 Å². The second kappa shape index (κ2) is 11.5. The average molecular weight is 378 g/mol. The first kappa shape index (κ1) is 21.2. The molecule has 7 heteroatoms. The first-order chi connectivity index (χ1) is 13.1. The summed E-state index contributed by atoms with van der Waals surface area (Å²) in [5.74, 6) is -0.168. The van der Waals surface area contributed by atoms with Gasteiger partial charge >= 0.3 is 0 Å². The summed E-state index contributed by atoms with van der Waals surface area (Å²) in [4.78, 5) is 28.0. The highest BCUT2D eigenvalue weighted by Gasteiger charge is 2.21. The Bertz CT molecular complexity index is 586. The van der Waals surface area contributed by atoms with Gasteiger partial charge in [-0.2, -0.15) is 0 Å². The van der Waals surface area contributed by atoms with Crippen molar-refractivity contribution in [1.82, 2.24) is 10.2 Å². The molecule has 1 aliphatic heterocycles. The maximum Gasteiger partial charge on any atom is 0.224 e. The van der Waals surface area contributed by atoms with Gasteiger partial charge in [-0.15, -0.1) is 0 Å². The van der Waals surface area contributed by atoms with E-state index in [1.54, 1.807) is 12.1 Å². The first-order valence-corrected chi connectivity index (χ1v) is 9.85. The van der Waals surface area contributed by atoms with Crippen molar-refractivity contribution in [2.24, 2.45) is 5.73 Å². The van der Waals surface area contributed by atoms with Crippen LogP contribution < -0.4 is 16.0 Å². The van der Waals surface area contributed by atoms with Crippen molar-refractivity contribution >= 4 is 17.5 Å². The van der Waals surface area contributed by atoms with Crippen LogP contribution in [0.2, 0.25) is 0 Å². The Balaban J connectivity index is 1.59. The molecule has 6 nitrogen and oxygen atoms in total. The van der Waals surface area contributed by atoms with E-state index in [1.807, 2.05) is 4.90 Å². The number of amides is 2. The number of halogens is 1. The Hall–Kier alpha value is -2.15. The Kier molecular flexibility index (Phi) is 9.04. The summed E-state index contributed by atoms with van der Waals surface area (Å²) in [5.41, 5.74) is 6.41. The molecular formula is C20H31FN4O2. The van der Waals surface area contributed by atoms with E-state index in [1.165, 1.54) is 12.1 Å². The lowest BCUT2D eigenvalue weighted by Crippen LogP contribution is -2.49. The lowest BCUT2D eigenvalue weighted by Gasteiger charge is -2.36. The number of piperazine rings is 1. The summed E-state index contributed by atoms with van der Waals surface area (Å²) in [6, 6.07) is 6.43. The summed E-state index contributed by atoms with van der Waals surface area (Å²) >= 11 is 0. The third kappa shape index (κ3) is 7.54. The van der Waals surface area contributed by atoms with Crippen molar-refractivity contribution < 1.29 is 14.0 Å². The third-order valence-electron chi connectivity index (χ3n) is 4.84. The van der Waals surface area contributed by atoms with Crippen LogP contribution in [-0.2, 0) is 9.59 Å². The quantitative estimate of drug-likeness (QED) is 0.610. The molecule has 0 unspecified atom stereocenters. The topological polar surface area (TPSA) is 78.7 Å². The van der Waals surface area contributed by atoms with Crippen LogP contribution in [0.3, 0.4) is 0 Å². The van der Waals surface area contributed by atoms with Crippen molar-refractivity contribution in [3.63, 3.8) is 0 Å². The zero-order chi connectivity index (χ0) is 19.5. The zero-order valence-corrected chi connectivity index (χ0v) is 16.0. The standard InChI is InChI=1S/C20H31FN4O2/c21-17-6-8-18(9-7-17)24-13-15-25(16-14-24)20(27)10-12-23-19(26)5-3-1-2-4-11-22/h6-9H,1-5,10-16,22H2,(H,23,26). The minimum absolute atomic E-state index is 0.0108. The number of hydrogen-bond acceptors (Lipinski definition) is 4. The molecular weight excluding hydrogens is 347 g/mol. The normalized spacial score (nSPS) is 14.3. The van der Waals surface area contributed by atoms with Crippen LogP contribution in [0, 0.1) is 5.82 Å². The highest BCUT2D eigenvalue weighted by molar-refractivity contribution is 5.79. The zero-order valence-electron chi connectivity index (χ0n) is 16.0. The first-order valence-electron chi connectivity index (χ1n) is 9.85. The number of rotatable bonds is 10. The Morgan fingerprint density at radius 2 is 1.63 bits per heavy atom. The van der Waals surface area contributed by atoms with Crippen molar-refractivity contribution in [1.29, 1.82) is 0 Å². The summed E-state index contributed by atoms with van der Waals surface area (Å²) < 4.78 is 13.0. The predicted octanol–water partition coefficient (Wildman–Crippen LogP) is 1.89. The fraction of sp³-hybridized carbons (Fsp3) is 0.600. The van der Waals surface area contributed by atoms with Crippen LogP contribution in [-0.4, -0.2) is 56.0 Å². The molecule has 1 fully saturated rings. The van der Waals surface area contributed by atoms with E-state index in [4.69, 9.17) is 5.73 Å². The number of nitrogens with two attached hydrogens (primary N) is 1. The fourth-order valence-corrected chi connectivity index (χ4v) is 3.20. The molecule has 1 heterocycles. The Morgan fingerprint density at radius 3 is 2.30 bits per heavy atom. The molecule has 0 atom stereocenters. The van der Waals surface area contributed by atoms with Crippen molar-refractivity contribution in [2.45, 2.75) is 38.5 Å². The van der Waals surface area contributed by atoms with Gasteiger partial charge in [0.15, 0.2) is 0 Å². The molecule has 1 aromatic carbocycles. The van der Waals surface area contributed by atoms with Crippen LogP contribution in [0.5, 0.6) is 0 Å². The molecule has 3 N–H and O–H groups in total. The largest absolute Gasteiger partial charge is 0.368 e. The molecule has 2 amide bonds. The molecule has 150 valence electrons. The predicted molar refractivity (Wildman–Crippen MR) is 105 cm³/mol. The van der Waals surface area contributed by atoms with Gasteiger partial charge in [-0.05, 0) is 43.7 Å². The highest BCUT2D eigenvalue weighted by Crippen LogP contribution is 2.17. The second-order valence-electron chi connectivity index (χ2n) is 6.90. The number of benzene rings is 1. The summed E-state index contributed by atoms with van der Waals surface area (Å²) in [6.07, 6.45) is 4.79. The molecule has 0 spiro atoms. The molecule has 0 bridgehead atoms. The molecule has 0 aromatic heterocycles. The maximum atomic E-state index is 13.0. The van der Waals surface area contributed by atoms with E-state index in [-0.39, 0.29) is 17.6 Å². The molecule has 0 radical (unpaired) electrons. The molecule has 0 saturated carbocycles. The van der Waals surface area contributed by atoms with E-state index in [9.17, 15) is 14.0 Å². The van der Waals surface area contributed by atoms with Gasteiger partial charge in [0.05, 0.1) is 0 Å². The number of nitrogens with one attached hydrogen (secondary N) is 1.